The fourth-order valence-electron chi connectivity index (χ4n) is 2.81. The van der Waals surface area contributed by atoms with E-state index in [1.807, 2.05) is 36.4 Å². The molecule has 1 aliphatic heterocycles. The molecule has 0 aliphatic carbocycles. The molecular weight excluding hydrogens is 324 g/mol. The van der Waals surface area contributed by atoms with Crippen molar-refractivity contribution in [3.05, 3.63) is 40.0 Å². The summed E-state index contributed by atoms with van der Waals surface area (Å²) in [6.45, 7) is 3.52. The minimum Gasteiger partial charge on any atom is -0.377 e. The monoisotopic (exact) mass is 346 g/mol. The van der Waals surface area contributed by atoms with Crippen LogP contribution in [0.15, 0.2) is 23.6 Å². The predicted molar refractivity (Wildman–Crippen MR) is 94.2 cm³/mol. The lowest BCUT2D eigenvalue weighted by Gasteiger charge is -2.35. The van der Waals surface area contributed by atoms with Crippen LogP contribution in [-0.2, 0) is 16.0 Å². The Morgan fingerprint density at radius 1 is 1.50 bits per heavy atom. The number of ether oxygens (including phenoxy) is 1. The zero-order valence-electron chi connectivity index (χ0n) is 14.0. The Kier molecular flexibility index (Phi) is 5.42. The molecule has 1 aliphatic rings. The number of hydrogen-bond donors (Lipinski definition) is 1. The number of carbonyl (C=O) groups is 1. The largest absolute Gasteiger partial charge is 0.377 e. The van der Waals surface area contributed by atoms with Gasteiger partial charge < -0.3 is 15.0 Å². The number of amides is 1. The van der Waals surface area contributed by atoms with Gasteiger partial charge in [-0.3, -0.25) is 4.79 Å². The second-order valence-corrected chi connectivity index (χ2v) is 6.79. The molecule has 0 aromatic carbocycles. The third-order valence-electron chi connectivity index (χ3n) is 4.04. The molecule has 2 aromatic heterocycles. The van der Waals surface area contributed by atoms with Gasteiger partial charge in [-0.1, -0.05) is 6.07 Å². The van der Waals surface area contributed by atoms with E-state index in [2.05, 4.69) is 21.4 Å². The first-order valence-corrected chi connectivity index (χ1v) is 8.98. The highest BCUT2D eigenvalue weighted by molar-refractivity contribution is 7.09. The van der Waals surface area contributed by atoms with Gasteiger partial charge in [-0.2, -0.15) is 0 Å². The summed E-state index contributed by atoms with van der Waals surface area (Å²) in [5.74, 6) is 1.53. The maximum atomic E-state index is 12.7. The molecule has 1 amide bonds. The first-order valence-electron chi connectivity index (χ1n) is 8.10. The number of nitrogens with zero attached hydrogens (tertiary/aromatic N) is 3. The van der Waals surface area contributed by atoms with Gasteiger partial charge in [-0.15, -0.1) is 11.3 Å². The zero-order valence-corrected chi connectivity index (χ0v) is 14.8. The number of aromatic nitrogens is 2. The summed E-state index contributed by atoms with van der Waals surface area (Å²) in [6.07, 6.45) is 1.28. The normalized spacial score (nSPS) is 17.8. The molecule has 128 valence electrons. The van der Waals surface area contributed by atoms with Crippen molar-refractivity contribution in [2.45, 2.75) is 25.8 Å². The van der Waals surface area contributed by atoms with Crippen molar-refractivity contribution >= 4 is 23.1 Å². The third kappa shape index (κ3) is 3.91. The molecule has 1 fully saturated rings. The molecule has 0 spiro atoms. The number of morpholine rings is 1. The SMILES string of the molecule is CNc1cc(C)nc(C2COCCN2C(=O)CCc2cccs2)n1. The van der Waals surface area contributed by atoms with Crippen molar-refractivity contribution in [1.29, 1.82) is 0 Å². The maximum absolute atomic E-state index is 12.7. The molecule has 7 heteroatoms. The van der Waals surface area contributed by atoms with Crippen molar-refractivity contribution in [2.75, 3.05) is 32.1 Å². The van der Waals surface area contributed by atoms with Crippen LogP contribution in [-0.4, -0.2) is 47.6 Å². The Morgan fingerprint density at radius 3 is 3.12 bits per heavy atom. The molecule has 3 heterocycles. The lowest BCUT2D eigenvalue weighted by molar-refractivity contribution is -0.140. The van der Waals surface area contributed by atoms with Gasteiger partial charge in [0.1, 0.15) is 11.9 Å². The summed E-state index contributed by atoms with van der Waals surface area (Å²) in [5, 5.41) is 5.08. The Bertz CT molecular complexity index is 690. The maximum Gasteiger partial charge on any atom is 0.223 e. The molecule has 1 saturated heterocycles. The summed E-state index contributed by atoms with van der Waals surface area (Å²) < 4.78 is 5.59. The molecule has 1 atom stereocenters. The van der Waals surface area contributed by atoms with Crippen molar-refractivity contribution < 1.29 is 9.53 Å². The van der Waals surface area contributed by atoms with Gasteiger partial charge >= 0.3 is 0 Å². The van der Waals surface area contributed by atoms with E-state index in [0.717, 1.165) is 17.9 Å². The van der Waals surface area contributed by atoms with E-state index >= 15 is 0 Å². The van der Waals surface area contributed by atoms with Crippen LogP contribution < -0.4 is 5.32 Å². The fraction of sp³-hybridized carbons (Fsp3) is 0.471. The second-order valence-electron chi connectivity index (χ2n) is 5.76. The molecule has 0 bridgehead atoms. The van der Waals surface area contributed by atoms with E-state index < -0.39 is 0 Å². The summed E-state index contributed by atoms with van der Waals surface area (Å²) >= 11 is 1.69. The Balaban J connectivity index is 1.75. The Labute approximate surface area is 145 Å². The van der Waals surface area contributed by atoms with E-state index in [-0.39, 0.29) is 11.9 Å². The number of aryl methyl sites for hydroxylation is 2. The predicted octanol–water partition coefficient (Wildman–Crippen LogP) is 2.42. The first-order chi connectivity index (χ1) is 11.7. The van der Waals surface area contributed by atoms with Crippen LogP contribution in [0.3, 0.4) is 0 Å². The van der Waals surface area contributed by atoms with Crippen LogP contribution in [0.1, 0.15) is 28.9 Å². The van der Waals surface area contributed by atoms with Crippen LogP contribution >= 0.6 is 11.3 Å². The van der Waals surface area contributed by atoms with Crippen molar-refractivity contribution in [3.63, 3.8) is 0 Å². The second kappa shape index (κ2) is 7.72. The number of hydrogen-bond acceptors (Lipinski definition) is 6. The molecule has 0 radical (unpaired) electrons. The van der Waals surface area contributed by atoms with Crippen LogP contribution in [0.4, 0.5) is 5.82 Å². The van der Waals surface area contributed by atoms with Crippen LogP contribution in [0.25, 0.3) is 0 Å². The molecule has 0 saturated carbocycles. The van der Waals surface area contributed by atoms with Crippen LogP contribution in [0.5, 0.6) is 0 Å². The van der Waals surface area contributed by atoms with Crippen molar-refractivity contribution in [1.82, 2.24) is 14.9 Å². The fourth-order valence-corrected chi connectivity index (χ4v) is 3.52. The highest BCUT2D eigenvalue weighted by Crippen LogP contribution is 2.24. The topological polar surface area (TPSA) is 67.4 Å². The smallest absolute Gasteiger partial charge is 0.223 e. The molecule has 2 aromatic rings. The van der Waals surface area contributed by atoms with Gasteiger partial charge in [-0.05, 0) is 24.8 Å². The quantitative estimate of drug-likeness (QED) is 0.900. The van der Waals surface area contributed by atoms with Gasteiger partial charge in [0.2, 0.25) is 5.91 Å². The van der Waals surface area contributed by atoms with Gasteiger partial charge in [-0.25, -0.2) is 9.97 Å². The highest BCUT2D eigenvalue weighted by atomic mass is 32.1. The Morgan fingerprint density at radius 2 is 2.38 bits per heavy atom. The number of carbonyl (C=O) groups excluding carboxylic acids is 1. The minimum atomic E-state index is -0.221. The zero-order chi connectivity index (χ0) is 16.9. The van der Waals surface area contributed by atoms with Gasteiger partial charge in [0.25, 0.3) is 0 Å². The van der Waals surface area contributed by atoms with Gasteiger partial charge in [0, 0.05) is 36.7 Å². The number of rotatable bonds is 5. The van der Waals surface area contributed by atoms with E-state index in [0.29, 0.717) is 32.0 Å². The number of anilines is 1. The van der Waals surface area contributed by atoms with Crippen LogP contribution in [0.2, 0.25) is 0 Å². The summed E-state index contributed by atoms with van der Waals surface area (Å²) in [7, 11) is 1.83. The third-order valence-corrected chi connectivity index (χ3v) is 4.98. The van der Waals surface area contributed by atoms with Gasteiger partial charge in [0.15, 0.2) is 5.82 Å². The lowest BCUT2D eigenvalue weighted by atomic mass is 10.1. The van der Waals surface area contributed by atoms with Gasteiger partial charge in [0.05, 0.1) is 13.2 Å². The van der Waals surface area contributed by atoms with Crippen molar-refractivity contribution in [3.8, 4) is 0 Å². The minimum absolute atomic E-state index is 0.132. The van der Waals surface area contributed by atoms with Crippen molar-refractivity contribution in [2.24, 2.45) is 0 Å². The summed E-state index contributed by atoms with van der Waals surface area (Å²) in [5.41, 5.74) is 0.876. The standard InChI is InChI=1S/C17H22N4O2S/c1-12-10-15(18-2)20-17(19-12)14-11-23-8-7-21(14)16(22)6-5-13-4-3-9-24-13/h3-4,9-10,14H,5-8,11H2,1-2H3,(H,18,19,20). The lowest BCUT2D eigenvalue weighted by Crippen LogP contribution is -2.44. The van der Waals surface area contributed by atoms with E-state index in [1.54, 1.807) is 11.3 Å². The van der Waals surface area contributed by atoms with E-state index in [9.17, 15) is 4.79 Å². The Hall–Kier alpha value is -1.99. The molecule has 24 heavy (non-hydrogen) atoms. The molecule has 1 unspecified atom stereocenters. The van der Waals surface area contributed by atoms with Crippen LogP contribution in [0, 0.1) is 6.92 Å². The molecule has 1 N–H and O–H groups in total. The summed E-state index contributed by atoms with van der Waals surface area (Å²) in [4.78, 5) is 24.9. The first kappa shape index (κ1) is 16.9. The van der Waals surface area contributed by atoms with E-state index in [1.165, 1.54) is 4.88 Å². The highest BCUT2D eigenvalue weighted by Gasteiger charge is 2.30. The van der Waals surface area contributed by atoms with E-state index in [4.69, 9.17) is 4.74 Å². The molecule has 6 nitrogen and oxygen atoms in total. The number of thiophene rings is 1. The summed E-state index contributed by atoms with van der Waals surface area (Å²) in [6, 6.07) is 5.75. The number of nitrogens with one attached hydrogen (secondary N) is 1. The molecular formula is C17H22N4O2S. The average molecular weight is 346 g/mol. The average Bonchev–Trinajstić information content (AvgIpc) is 3.12. The molecule has 3 rings (SSSR count).